The minimum absolute atomic E-state index is 0.210. The van der Waals surface area contributed by atoms with Gasteiger partial charge in [0.25, 0.3) is 5.91 Å². The van der Waals surface area contributed by atoms with Crippen molar-refractivity contribution in [3.05, 3.63) is 0 Å². The second kappa shape index (κ2) is 4.09. The number of carbonyl (C=O) groups is 3. The molecule has 0 aliphatic carbocycles. The second-order valence-electron chi connectivity index (χ2n) is 3.69. The van der Waals surface area contributed by atoms with E-state index in [1.54, 1.807) is 0 Å². The third-order valence-corrected chi connectivity index (χ3v) is 2.74. The van der Waals surface area contributed by atoms with Crippen LogP contribution in [0.15, 0.2) is 0 Å². The summed E-state index contributed by atoms with van der Waals surface area (Å²) in [5.74, 6) is -0.746. The first kappa shape index (κ1) is 10.9. The molecule has 0 unspecified atom stereocenters. The van der Waals surface area contributed by atoms with E-state index in [9.17, 15) is 14.4 Å². The summed E-state index contributed by atoms with van der Waals surface area (Å²) in [6.07, 6.45) is -0.268. The molecule has 2 rings (SSSR count). The van der Waals surface area contributed by atoms with Gasteiger partial charge in [-0.05, 0) is 6.42 Å². The van der Waals surface area contributed by atoms with Gasteiger partial charge in [0, 0.05) is 6.54 Å². The summed E-state index contributed by atoms with van der Waals surface area (Å²) < 4.78 is 9.18. The number of nitrogens with zero attached hydrogens (tertiary/aromatic N) is 1. The van der Waals surface area contributed by atoms with Gasteiger partial charge in [0.2, 0.25) is 0 Å². The highest BCUT2D eigenvalue weighted by molar-refractivity contribution is 5.98. The number of carbonyl (C=O) groups excluding carboxylic acids is 3. The van der Waals surface area contributed by atoms with Gasteiger partial charge < -0.3 is 14.8 Å². The zero-order valence-corrected chi connectivity index (χ0v) is 8.76. The van der Waals surface area contributed by atoms with Crippen LogP contribution in [-0.2, 0) is 19.1 Å². The SMILES string of the molecule is COC(=O)[C@H]1C[C@@H](N2C(=O)COC2=O)CN1. The lowest BCUT2D eigenvalue weighted by atomic mass is 10.1. The maximum absolute atomic E-state index is 11.4. The molecule has 2 heterocycles. The van der Waals surface area contributed by atoms with E-state index in [0.717, 1.165) is 4.90 Å². The Balaban J connectivity index is 2.00. The van der Waals surface area contributed by atoms with E-state index in [0.29, 0.717) is 13.0 Å². The Morgan fingerprint density at radius 2 is 2.31 bits per heavy atom. The quantitative estimate of drug-likeness (QED) is 0.602. The fourth-order valence-electron chi connectivity index (χ4n) is 1.95. The Hall–Kier alpha value is -1.63. The molecule has 0 bridgehead atoms. The summed E-state index contributed by atoms with van der Waals surface area (Å²) in [7, 11) is 1.30. The third-order valence-electron chi connectivity index (χ3n) is 2.74. The lowest BCUT2D eigenvalue weighted by molar-refractivity contribution is -0.143. The molecule has 0 aromatic rings. The number of hydrogen-bond acceptors (Lipinski definition) is 6. The number of ether oxygens (including phenoxy) is 2. The minimum Gasteiger partial charge on any atom is -0.468 e. The highest BCUT2D eigenvalue weighted by Crippen LogP contribution is 2.19. The summed E-state index contributed by atoms with van der Waals surface area (Å²) >= 11 is 0. The van der Waals surface area contributed by atoms with Crippen LogP contribution >= 0.6 is 0 Å². The number of hydrogen-bond donors (Lipinski definition) is 1. The molecule has 0 saturated carbocycles. The highest BCUT2D eigenvalue weighted by atomic mass is 16.6. The molecule has 7 heteroatoms. The van der Waals surface area contributed by atoms with E-state index in [2.05, 4.69) is 14.8 Å². The van der Waals surface area contributed by atoms with Gasteiger partial charge in [-0.3, -0.25) is 9.59 Å². The van der Waals surface area contributed by atoms with Gasteiger partial charge in [0.05, 0.1) is 13.2 Å². The van der Waals surface area contributed by atoms with E-state index >= 15 is 0 Å². The van der Waals surface area contributed by atoms with Crippen LogP contribution in [0, 0.1) is 0 Å². The van der Waals surface area contributed by atoms with Crippen LogP contribution in [0.1, 0.15) is 6.42 Å². The van der Waals surface area contributed by atoms with Gasteiger partial charge in [0.15, 0.2) is 6.61 Å². The third kappa shape index (κ3) is 1.73. The highest BCUT2D eigenvalue weighted by Gasteiger charge is 2.42. The smallest absolute Gasteiger partial charge is 0.417 e. The van der Waals surface area contributed by atoms with Crippen molar-refractivity contribution in [1.29, 1.82) is 0 Å². The first-order chi connectivity index (χ1) is 7.63. The number of esters is 1. The van der Waals surface area contributed by atoms with Gasteiger partial charge in [-0.2, -0.15) is 0 Å². The Morgan fingerprint density at radius 3 is 2.88 bits per heavy atom. The second-order valence-corrected chi connectivity index (χ2v) is 3.69. The maximum atomic E-state index is 11.4. The molecule has 2 aliphatic heterocycles. The number of methoxy groups -OCH3 is 1. The van der Waals surface area contributed by atoms with Crippen molar-refractivity contribution < 1.29 is 23.9 Å². The molecule has 7 nitrogen and oxygen atoms in total. The number of cyclic esters (lactones) is 1. The summed E-state index contributed by atoms with van der Waals surface area (Å²) in [5.41, 5.74) is 0. The summed E-state index contributed by atoms with van der Waals surface area (Å²) in [6.45, 7) is 0.179. The van der Waals surface area contributed by atoms with Crippen molar-refractivity contribution >= 4 is 18.0 Å². The van der Waals surface area contributed by atoms with Crippen LogP contribution in [0.2, 0.25) is 0 Å². The van der Waals surface area contributed by atoms with E-state index in [-0.39, 0.29) is 24.5 Å². The molecule has 2 fully saturated rings. The number of imide groups is 1. The molecule has 2 aliphatic rings. The van der Waals surface area contributed by atoms with E-state index in [4.69, 9.17) is 0 Å². The molecule has 0 aromatic carbocycles. The molecule has 2 saturated heterocycles. The average Bonchev–Trinajstić information content (AvgIpc) is 2.85. The number of nitrogens with one attached hydrogen (secondary N) is 1. The standard InChI is InChI=1S/C9H12N2O5/c1-15-8(13)6-2-5(3-10-6)11-7(12)4-16-9(11)14/h5-6,10H,2-4H2,1H3/t5-,6-/m1/s1. The van der Waals surface area contributed by atoms with Crippen LogP contribution in [0.25, 0.3) is 0 Å². The van der Waals surface area contributed by atoms with Crippen LogP contribution < -0.4 is 5.32 Å². The summed E-state index contributed by atoms with van der Waals surface area (Å²) in [6, 6.07) is -0.789. The van der Waals surface area contributed by atoms with Gasteiger partial charge >= 0.3 is 12.1 Å². The molecule has 0 radical (unpaired) electrons. The van der Waals surface area contributed by atoms with Crippen LogP contribution in [-0.4, -0.2) is 55.2 Å². The normalized spacial score (nSPS) is 29.4. The first-order valence-electron chi connectivity index (χ1n) is 4.93. The Bertz CT molecular complexity index is 327. The summed E-state index contributed by atoms with van der Waals surface area (Å²) in [4.78, 5) is 34.9. The monoisotopic (exact) mass is 228 g/mol. The molecule has 2 amide bonds. The largest absolute Gasteiger partial charge is 0.468 e. The lowest BCUT2D eigenvalue weighted by Crippen LogP contribution is -2.40. The fraction of sp³-hybridized carbons (Fsp3) is 0.667. The van der Waals surface area contributed by atoms with E-state index < -0.39 is 12.1 Å². The van der Waals surface area contributed by atoms with Crippen molar-refractivity contribution in [3.8, 4) is 0 Å². The van der Waals surface area contributed by atoms with Crippen molar-refractivity contribution in [2.24, 2.45) is 0 Å². The topological polar surface area (TPSA) is 84.9 Å². The zero-order valence-electron chi connectivity index (χ0n) is 8.76. The predicted octanol–water partition coefficient (Wildman–Crippen LogP) is -1.13. The predicted molar refractivity (Wildman–Crippen MR) is 50.4 cm³/mol. The minimum atomic E-state index is -0.637. The van der Waals surface area contributed by atoms with Crippen LogP contribution in [0.4, 0.5) is 4.79 Å². The number of amides is 2. The van der Waals surface area contributed by atoms with Gasteiger partial charge in [0.1, 0.15) is 6.04 Å². The van der Waals surface area contributed by atoms with Crippen molar-refractivity contribution in [1.82, 2.24) is 10.2 Å². The van der Waals surface area contributed by atoms with Crippen molar-refractivity contribution in [3.63, 3.8) is 0 Å². The zero-order chi connectivity index (χ0) is 11.7. The lowest BCUT2D eigenvalue weighted by Gasteiger charge is -2.17. The molecule has 88 valence electrons. The average molecular weight is 228 g/mol. The molecule has 0 spiro atoms. The molecule has 2 atom stereocenters. The Morgan fingerprint density at radius 1 is 1.56 bits per heavy atom. The van der Waals surface area contributed by atoms with Gasteiger partial charge in [-0.25, -0.2) is 9.69 Å². The molecular weight excluding hydrogens is 216 g/mol. The molecule has 0 aromatic heterocycles. The van der Waals surface area contributed by atoms with Crippen molar-refractivity contribution in [2.45, 2.75) is 18.5 Å². The Kier molecular flexibility index (Phi) is 2.78. The van der Waals surface area contributed by atoms with Gasteiger partial charge in [-0.15, -0.1) is 0 Å². The van der Waals surface area contributed by atoms with Gasteiger partial charge in [-0.1, -0.05) is 0 Å². The van der Waals surface area contributed by atoms with Crippen molar-refractivity contribution in [2.75, 3.05) is 20.3 Å². The molecular formula is C9H12N2O5. The van der Waals surface area contributed by atoms with Crippen LogP contribution in [0.3, 0.4) is 0 Å². The fourth-order valence-corrected chi connectivity index (χ4v) is 1.95. The number of rotatable bonds is 2. The van der Waals surface area contributed by atoms with E-state index in [1.165, 1.54) is 7.11 Å². The molecule has 16 heavy (non-hydrogen) atoms. The summed E-state index contributed by atoms with van der Waals surface area (Å²) in [5, 5.41) is 2.90. The maximum Gasteiger partial charge on any atom is 0.417 e. The van der Waals surface area contributed by atoms with Crippen LogP contribution in [0.5, 0.6) is 0 Å². The van der Waals surface area contributed by atoms with E-state index in [1.807, 2.05) is 0 Å². The first-order valence-corrected chi connectivity index (χ1v) is 4.93. The molecule has 1 N–H and O–H groups in total. The Labute approximate surface area is 91.7 Å².